The average Bonchev–Trinajstić information content (AvgIpc) is 2.97. The van der Waals surface area contributed by atoms with Gasteiger partial charge in [-0.2, -0.15) is 0 Å². The highest BCUT2D eigenvalue weighted by Crippen LogP contribution is 2.12. The Balaban J connectivity index is 1.42. The van der Waals surface area contributed by atoms with Gasteiger partial charge in [0.25, 0.3) is 0 Å². The lowest BCUT2D eigenvalue weighted by molar-refractivity contribution is 0.0228. The Hall–Kier alpha value is -0.160. The van der Waals surface area contributed by atoms with Crippen LogP contribution >= 0.6 is 0 Å². The van der Waals surface area contributed by atoms with Gasteiger partial charge in [-0.05, 0) is 6.92 Å². The molecule has 75 valence electrons. The highest BCUT2D eigenvalue weighted by Gasteiger charge is 2.24. The zero-order valence-electron chi connectivity index (χ0n) is 7.77. The molecule has 0 aromatic heterocycles. The van der Waals surface area contributed by atoms with Crippen molar-refractivity contribution in [3.05, 3.63) is 6.61 Å². The van der Waals surface area contributed by atoms with Gasteiger partial charge in [0, 0.05) is 0 Å². The van der Waals surface area contributed by atoms with E-state index < -0.39 is 0 Å². The maximum atomic E-state index is 5.42. The molecule has 2 heterocycles. The van der Waals surface area contributed by atoms with Crippen LogP contribution in [0.25, 0.3) is 0 Å². The van der Waals surface area contributed by atoms with Crippen molar-refractivity contribution in [2.45, 2.75) is 25.2 Å². The van der Waals surface area contributed by atoms with Crippen molar-refractivity contribution in [1.29, 1.82) is 0 Å². The van der Waals surface area contributed by atoms with Gasteiger partial charge in [-0.15, -0.1) is 0 Å². The van der Waals surface area contributed by atoms with Crippen LogP contribution < -0.4 is 0 Å². The third kappa shape index (κ3) is 4.04. The number of hydrogen-bond donors (Lipinski definition) is 0. The Labute approximate surface area is 78.1 Å². The molecule has 0 aromatic rings. The smallest absolute Gasteiger partial charge is 0.112 e. The molecule has 2 saturated heterocycles. The quantitative estimate of drug-likeness (QED) is 0.540. The van der Waals surface area contributed by atoms with E-state index in [1.54, 1.807) is 6.61 Å². The molecule has 2 aliphatic rings. The summed E-state index contributed by atoms with van der Waals surface area (Å²) in [5.74, 6) is 0. The number of ether oxygens (including phenoxy) is 4. The van der Waals surface area contributed by atoms with Crippen LogP contribution in [0.4, 0.5) is 0 Å². The fourth-order valence-corrected chi connectivity index (χ4v) is 0.925. The summed E-state index contributed by atoms with van der Waals surface area (Å²) in [5.41, 5.74) is 0. The summed E-state index contributed by atoms with van der Waals surface area (Å²) in [7, 11) is 0. The van der Waals surface area contributed by atoms with Crippen molar-refractivity contribution in [3.8, 4) is 0 Å². The topological polar surface area (TPSA) is 43.5 Å². The van der Waals surface area contributed by atoms with E-state index in [1.165, 1.54) is 0 Å². The Morgan fingerprint density at radius 1 is 1.31 bits per heavy atom. The fraction of sp³-hybridized carbons (Fsp3) is 0.889. The molecule has 0 aromatic carbocycles. The van der Waals surface area contributed by atoms with Gasteiger partial charge in [0.15, 0.2) is 0 Å². The van der Waals surface area contributed by atoms with E-state index in [-0.39, 0.29) is 6.10 Å². The van der Waals surface area contributed by atoms with E-state index in [0.717, 1.165) is 13.2 Å². The van der Waals surface area contributed by atoms with Crippen molar-refractivity contribution in [2.24, 2.45) is 0 Å². The second kappa shape index (κ2) is 4.37. The second-order valence-corrected chi connectivity index (χ2v) is 3.42. The van der Waals surface area contributed by atoms with Gasteiger partial charge in [0.2, 0.25) is 0 Å². The third-order valence-electron chi connectivity index (χ3n) is 1.92. The molecule has 0 aliphatic carbocycles. The molecule has 0 amide bonds. The zero-order chi connectivity index (χ0) is 9.10. The minimum atomic E-state index is 0.0305. The van der Waals surface area contributed by atoms with Gasteiger partial charge in [0.1, 0.15) is 18.8 Å². The summed E-state index contributed by atoms with van der Waals surface area (Å²) >= 11 is 0. The maximum Gasteiger partial charge on any atom is 0.112 e. The molecule has 2 rings (SSSR count). The van der Waals surface area contributed by atoms with Crippen molar-refractivity contribution in [2.75, 3.05) is 26.4 Å². The van der Waals surface area contributed by atoms with Gasteiger partial charge in [-0.25, -0.2) is 0 Å². The first-order valence-electron chi connectivity index (χ1n) is 4.64. The molecule has 3 unspecified atom stereocenters. The van der Waals surface area contributed by atoms with E-state index >= 15 is 0 Å². The van der Waals surface area contributed by atoms with E-state index in [2.05, 4.69) is 0 Å². The molecule has 13 heavy (non-hydrogen) atoms. The normalized spacial score (nSPS) is 33.0. The summed E-state index contributed by atoms with van der Waals surface area (Å²) < 4.78 is 20.7. The molecule has 0 N–H and O–H groups in total. The molecule has 2 aliphatic heterocycles. The molecule has 4 nitrogen and oxygen atoms in total. The second-order valence-electron chi connectivity index (χ2n) is 3.42. The first-order valence-corrected chi connectivity index (χ1v) is 4.64. The zero-order valence-corrected chi connectivity index (χ0v) is 7.77. The molecule has 0 saturated carbocycles. The van der Waals surface area contributed by atoms with E-state index in [0.29, 0.717) is 25.4 Å². The summed E-state index contributed by atoms with van der Waals surface area (Å²) in [6.07, 6.45) is 0.667. The lowest BCUT2D eigenvalue weighted by Crippen LogP contribution is -2.15. The maximum absolute atomic E-state index is 5.42. The average molecular weight is 187 g/mol. The van der Waals surface area contributed by atoms with Crippen molar-refractivity contribution in [1.82, 2.24) is 0 Å². The standard InChI is InChI=1S/C9H15O4/c1-7(11-4-9-6-13-9)2-10-3-8-5-12-8/h2,7-9H,3-6H2,1H3. The highest BCUT2D eigenvalue weighted by atomic mass is 16.6. The Kier molecular flexibility index (Phi) is 3.16. The Morgan fingerprint density at radius 2 is 1.92 bits per heavy atom. The van der Waals surface area contributed by atoms with Gasteiger partial charge in [-0.3, -0.25) is 0 Å². The third-order valence-corrected chi connectivity index (χ3v) is 1.92. The van der Waals surface area contributed by atoms with Crippen LogP contribution in [0.1, 0.15) is 6.92 Å². The van der Waals surface area contributed by atoms with E-state index in [1.807, 2.05) is 6.92 Å². The van der Waals surface area contributed by atoms with Gasteiger partial charge in [0.05, 0.1) is 32.5 Å². The molecule has 4 heteroatoms. The number of rotatable bonds is 7. The van der Waals surface area contributed by atoms with Gasteiger partial charge in [-0.1, -0.05) is 0 Å². The van der Waals surface area contributed by atoms with E-state index in [4.69, 9.17) is 18.9 Å². The summed E-state index contributed by atoms with van der Waals surface area (Å²) in [4.78, 5) is 0. The van der Waals surface area contributed by atoms with Crippen molar-refractivity contribution in [3.63, 3.8) is 0 Å². The molecular weight excluding hydrogens is 172 g/mol. The number of epoxide rings is 2. The predicted octanol–water partition coefficient (Wildman–Crippen LogP) is 0.367. The summed E-state index contributed by atoms with van der Waals surface area (Å²) in [6, 6.07) is 0. The molecule has 0 bridgehead atoms. The van der Waals surface area contributed by atoms with Gasteiger partial charge >= 0.3 is 0 Å². The molecule has 3 atom stereocenters. The fourth-order valence-electron chi connectivity index (χ4n) is 0.925. The highest BCUT2D eigenvalue weighted by molar-refractivity contribution is 4.72. The van der Waals surface area contributed by atoms with Crippen LogP contribution in [0.2, 0.25) is 0 Å². The largest absolute Gasteiger partial charge is 0.373 e. The molecule has 2 fully saturated rings. The van der Waals surface area contributed by atoms with Crippen molar-refractivity contribution >= 4 is 0 Å². The van der Waals surface area contributed by atoms with Crippen LogP contribution in [-0.2, 0) is 18.9 Å². The molecule has 0 spiro atoms. The summed E-state index contributed by atoms with van der Waals surface area (Å²) in [5, 5.41) is 0. The van der Waals surface area contributed by atoms with Crippen LogP contribution in [0.5, 0.6) is 0 Å². The summed E-state index contributed by atoms with van der Waals surface area (Å²) in [6.45, 7) is 6.65. The van der Waals surface area contributed by atoms with Gasteiger partial charge < -0.3 is 18.9 Å². The van der Waals surface area contributed by atoms with E-state index in [9.17, 15) is 0 Å². The lowest BCUT2D eigenvalue weighted by atomic mass is 10.4. The Morgan fingerprint density at radius 3 is 2.54 bits per heavy atom. The van der Waals surface area contributed by atoms with Crippen LogP contribution in [0, 0.1) is 6.61 Å². The lowest BCUT2D eigenvalue weighted by Gasteiger charge is -2.10. The first kappa shape index (κ1) is 9.40. The minimum absolute atomic E-state index is 0.0305. The monoisotopic (exact) mass is 187 g/mol. The van der Waals surface area contributed by atoms with Crippen LogP contribution in [0.3, 0.4) is 0 Å². The van der Waals surface area contributed by atoms with Crippen LogP contribution in [-0.4, -0.2) is 44.7 Å². The first-order chi connectivity index (χ1) is 6.34. The molecule has 1 radical (unpaired) electrons. The number of hydrogen-bond acceptors (Lipinski definition) is 4. The predicted molar refractivity (Wildman–Crippen MR) is 45.1 cm³/mol. The van der Waals surface area contributed by atoms with Crippen LogP contribution in [0.15, 0.2) is 0 Å². The minimum Gasteiger partial charge on any atom is -0.373 e. The van der Waals surface area contributed by atoms with Crippen molar-refractivity contribution < 1.29 is 18.9 Å². The Bertz CT molecular complexity index is 154. The molecular formula is C9H15O4. The SMILES string of the molecule is CC([CH]OCC1CO1)OCC1CO1.